The van der Waals surface area contributed by atoms with Crippen LogP contribution in [0.3, 0.4) is 0 Å². The number of carbonyl (C=O) groups excluding carboxylic acids is 1. The fourth-order valence-corrected chi connectivity index (χ4v) is 3.23. The summed E-state index contributed by atoms with van der Waals surface area (Å²) in [5, 5.41) is 2.84. The molecule has 0 unspecified atom stereocenters. The molecule has 0 spiro atoms. The van der Waals surface area contributed by atoms with Gasteiger partial charge in [-0.3, -0.25) is 4.79 Å². The fraction of sp³-hybridized carbons (Fsp3) is 0.350. The lowest BCUT2D eigenvalue weighted by Crippen LogP contribution is -2.46. The average Bonchev–Trinajstić information content (AvgIpc) is 2.62. The summed E-state index contributed by atoms with van der Waals surface area (Å²) in [5.74, 6) is -0.714. The van der Waals surface area contributed by atoms with E-state index in [9.17, 15) is 9.18 Å². The third-order valence-electron chi connectivity index (χ3n) is 4.70. The van der Waals surface area contributed by atoms with Crippen molar-refractivity contribution in [1.82, 2.24) is 4.90 Å². The van der Waals surface area contributed by atoms with E-state index in [1.165, 1.54) is 23.9 Å². The molecule has 1 heterocycles. The monoisotopic (exact) mass is 341 g/mol. The average molecular weight is 341 g/mol. The summed E-state index contributed by atoms with van der Waals surface area (Å²) in [4.78, 5) is 17.1. The van der Waals surface area contributed by atoms with Crippen LogP contribution in [-0.4, -0.2) is 43.5 Å². The number of nitrogens with zero attached hydrogens (tertiary/aromatic N) is 2. The van der Waals surface area contributed by atoms with Crippen LogP contribution < -0.4 is 10.2 Å². The van der Waals surface area contributed by atoms with Crippen LogP contribution in [0.25, 0.3) is 0 Å². The smallest absolute Gasteiger partial charge is 0.255 e. The zero-order valence-corrected chi connectivity index (χ0v) is 14.8. The van der Waals surface area contributed by atoms with E-state index in [4.69, 9.17) is 0 Å². The van der Waals surface area contributed by atoms with Crippen molar-refractivity contribution in [3.05, 3.63) is 59.4 Å². The van der Waals surface area contributed by atoms with Gasteiger partial charge in [-0.05, 0) is 55.4 Å². The van der Waals surface area contributed by atoms with E-state index in [1.807, 2.05) is 12.1 Å². The predicted octanol–water partition coefficient (Wildman–Crippen LogP) is 3.53. The first kappa shape index (κ1) is 17.4. The number of rotatable bonds is 4. The highest BCUT2D eigenvalue weighted by Crippen LogP contribution is 2.25. The maximum atomic E-state index is 13.3. The quantitative estimate of drug-likeness (QED) is 0.924. The maximum Gasteiger partial charge on any atom is 0.255 e. The van der Waals surface area contributed by atoms with Gasteiger partial charge in [-0.2, -0.15) is 0 Å². The summed E-state index contributed by atoms with van der Waals surface area (Å²) in [5.41, 5.74) is 3.38. The summed E-state index contributed by atoms with van der Waals surface area (Å²) in [7, 11) is 0. The number of anilines is 2. The van der Waals surface area contributed by atoms with Crippen LogP contribution in [0.15, 0.2) is 42.5 Å². The minimum atomic E-state index is -0.412. The molecule has 5 heteroatoms. The van der Waals surface area contributed by atoms with E-state index >= 15 is 0 Å². The van der Waals surface area contributed by atoms with Crippen molar-refractivity contribution < 1.29 is 9.18 Å². The first-order valence-electron chi connectivity index (χ1n) is 8.71. The highest BCUT2D eigenvalue weighted by molar-refractivity contribution is 6.04. The lowest BCUT2D eigenvalue weighted by Gasteiger charge is -2.36. The third-order valence-corrected chi connectivity index (χ3v) is 4.70. The fourth-order valence-electron chi connectivity index (χ4n) is 3.23. The second-order valence-electron chi connectivity index (χ2n) is 6.39. The second kappa shape index (κ2) is 7.66. The van der Waals surface area contributed by atoms with Gasteiger partial charge in [0.15, 0.2) is 0 Å². The van der Waals surface area contributed by atoms with Crippen LogP contribution in [0.4, 0.5) is 15.8 Å². The van der Waals surface area contributed by atoms with E-state index in [2.05, 4.69) is 35.0 Å². The minimum Gasteiger partial charge on any atom is -0.369 e. The van der Waals surface area contributed by atoms with Crippen LogP contribution in [0.1, 0.15) is 22.8 Å². The van der Waals surface area contributed by atoms with E-state index < -0.39 is 5.82 Å². The lowest BCUT2D eigenvalue weighted by molar-refractivity contribution is 0.102. The molecular weight excluding hydrogens is 317 g/mol. The van der Waals surface area contributed by atoms with Crippen molar-refractivity contribution in [1.29, 1.82) is 0 Å². The molecule has 1 aliphatic heterocycles. The highest BCUT2D eigenvalue weighted by Gasteiger charge is 2.17. The summed E-state index contributed by atoms with van der Waals surface area (Å²) in [6, 6.07) is 11.6. The predicted molar refractivity (Wildman–Crippen MR) is 99.9 cm³/mol. The Morgan fingerprint density at radius 2 is 1.88 bits per heavy atom. The Labute approximate surface area is 148 Å². The Kier molecular flexibility index (Phi) is 5.34. The topological polar surface area (TPSA) is 35.6 Å². The van der Waals surface area contributed by atoms with E-state index in [0.29, 0.717) is 5.56 Å². The molecule has 1 aliphatic rings. The number of nitrogens with one attached hydrogen (secondary N) is 1. The van der Waals surface area contributed by atoms with Gasteiger partial charge in [0.1, 0.15) is 5.82 Å². The van der Waals surface area contributed by atoms with Crippen LogP contribution in [0.2, 0.25) is 0 Å². The van der Waals surface area contributed by atoms with Gasteiger partial charge in [-0.15, -0.1) is 0 Å². The molecule has 1 fully saturated rings. The summed E-state index contributed by atoms with van der Waals surface area (Å²) in [6.07, 6.45) is 0. The molecule has 0 radical (unpaired) electrons. The van der Waals surface area contributed by atoms with Gasteiger partial charge in [0.05, 0.1) is 0 Å². The van der Waals surface area contributed by atoms with Crippen molar-refractivity contribution >= 4 is 17.3 Å². The number of piperazine rings is 1. The Balaban J connectivity index is 1.69. The number of likely N-dealkylation sites (N-methyl/N-ethyl adjacent to an activating group) is 1. The van der Waals surface area contributed by atoms with Gasteiger partial charge in [-0.25, -0.2) is 4.39 Å². The van der Waals surface area contributed by atoms with Gasteiger partial charge >= 0.3 is 0 Å². The lowest BCUT2D eigenvalue weighted by atomic mass is 10.1. The number of carbonyl (C=O) groups is 1. The molecule has 0 bridgehead atoms. The number of hydrogen-bond acceptors (Lipinski definition) is 3. The Hall–Kier alpha value is -2.40. The van der Waals surface area contributed by atoms with Crippen molar-refractivity contribution in [3.8, 4) is 0 Å². The van der Waals surface area contributed by atoms with E-state index in [0.717, 1.165) is 44.0 Å². The van der Waals surface area contributed by atoms with Gasteiger partial charge in [-0.1, -0.05) is 13.0 Å². The molecule has 0 saturated carbocycles. The summed E-state index contributed by atoms with van der Waals surface area (Å²) < 4.78 is 13.3. The second-order valence-corrected chi connectivity index (χ2v) is 6.39. The highest BCUT2D eigenvalue weighted by atomic mass is 19.1. The van der Waals surface area contributed by atoms with Crippen LogP contribution in [0, 0.1) is 12.7 Å². The molecule has 0 aromatic heterocycles. The summed E-state index contributed by atoms with van der Waals surface area (Å²) >= 11 is 0. The molecule has 0 atom stereocenters. The van der Waals surface area contributed by atoms with Gasteiger partial charge in [0.25, 0.3) is 5.91 Å². The van der Waals surface area contributed by atoms with Gasteiger partial charge in [0, 0.05) is 43.1 Å². The van der Waals surface area contributed by atoms with Crippen LogP contribution in [-0.2, 0) is 0 Å². The van der Waals surface area contributed by atoms with Crippen molar-refractivity contribution in [2.75, 3.05) is 42.9 Å². The normalized spacial score (nSPS) is 15.2. The molecule has 1 N–H and O–H groups in total. The standard InChI is InChI=1S/C20H24FN3O/c1-3-23-9-11-24(12-10-23)19-8-7-18(13-15(19)2)22-20(25)16-5-4-6-17(21)14-16/h4-8,13-14H,3,9-12H2,1-2H3,(H,22,25). The number of amides is 1. The molecule has 1 saturated heterocycles. The number of halogens is 1. The number of hydrogen-bond donors (Lipinski definition) is 1. The molecule has 3 rings (SSSR count). The SMILES string of the molecule is CCN1CCN(c2ccc(NC(=O)c3cccc(F)c3)cc2C)CC1. The molecule has 4 nitrogen and oxygen atoms in total. The molecule has 1 amide bonds. The minimum absolute atomic E-state index is 0.303. The molecule has 2 aromatic rings. The molecule has 132 valence electrons. The van der Waals surface area contributed by atoms with Crippen molar-refractivity contribution in [3.63, 3.8) is 0 Å². The Bertz CT molecular complexity index is 754. The zero-order chi connectivity index (χ0) is 17.8. The number of aryl methyl sites for hydroxylation is 1. The molecular formula is C20H24FN3O. The van der Waals surface area contributed by atoms with Crippen LogP contribution in [0.5, 0.6) is 0 Å². The van der Waals surface area contributed by atoms with E-state index in [-0.39, 0.29) is 5.91 Å². The van der Waals surface area contributed by atoms with Crippen molar-refractivity contribution in [2.24, 2.45) is 0 Å². The van der Waals surface area contributed by atoms with Gasteiger partial charge < -0.3 is 15.1 Å². The summed E-state index contributed by atoms with van der Waals surface area (Å²) in [6.45, 7) is 9.53. The molecule has 2 aromatic carbocycles. The Morgan fingerprint density at radius 1 is 1.12 bits per heavy atom. The molecule has 25 heavy (non-hydrogen) atoms. The van der Waals surface area contributed by atoms with Crippen molar-refractivity contribution in [2.45, 2.75) is 13.8 Å². The largest absolute Gasteiger partial charge is 0.369 e. The Morgan fingerprint density at radius 3 is 2.52 bits per heavy atom. The first-order chi connectivity index (χ1) is 12.1. The third kappa shape index (κ3) is 4.17. The van der Waals surface area contributed by atoms with Gasteiger partial charge in [0.2, 0.25) is 0 Å². The number of benzene rings is 2. The maximum absolute atomic E-state index is 13.3. The van der Waals surface area contributed by atoms with E-state index in [1.54, 1.807) is 6.07 Å². The van der Waals surface area contributed by atoms with Crippen LogP contribution >= 0.6 is 0 Å². The first-order valence-corrected chi connectivity index (χ1v) is 8.71. The molecule has 0 aliphatic carbocycles. The zero-order valence-electron chi connectivity index (χ0n) is 14.8.